The lowest BCUT2D eigenvalue weighted by molar-refractivity contribution is -0.890. The van der Waals surface area contributed by atoms with E-state index in [-0.39, 0.29) is 28.8 Å². The molecule has 146 valence electrons. The van der Waals surface area contributed by atoms with Crippen molar-refractivity contribution in [2.45, 2.75) is 39.0 Å². The summed E-state index contributed by atoms with van der Waals surface area (Å²) in [5, 5.41) is 1.09. The van der Waals surface area contributed by atoms with Crippen molar-refractivity contribution in [3.05, 3.63) is 34.9 Å². The van der Waals surface area contributed by atoms with E-state index >= 15 is 0 Å². The number of unbranched alkanes of at least 4 members (excludes halogenated alkanes) is 3. The highest BCUT2D eigenvalue weighted by molar-refractivity contribution is 9.09. The second-order valence-corrected chi connectivity index (χ2v) is 8.44. The van der Waals surface area contributed by atoms with Gasteiger partial charge in [0.25, 0.3) is 11.8 Å². The SMILES string of the molecule is Cc1ccc2c(c1)C(=O)N(CCC[N+](C)(C)CCCCCCBr)C2=O.[Br-]. The van der Waals surface area contributed by atoms with Crippen LogP contribution < -0.4 is 17.0 Å². The summed E-state index contributed by atoms with van der Waals surface area (Å²) in [6.45, 7) is 4.57. The molecule has 4 nitrogen and oxygen atoms in total. The minimum absolute atomic E-state index is 0. The summed E-state index contributed by atoms with van der Waals surface area (Å²) < 4.78 is 0.941. The normalized spacial score (nSPS) is 13.8. The number of nitrogens with zero attached hydrogens (tertiary/aromatic N) is 2. The van der Waals surface area contributed by atoms with Gasteiger partial charge in [-0.2, -0.15) is 0 Å². The Labute approximate surface area is 176 Å². The summed E-state index contributed by atoms with van der Waals surface area (Å²) in [7, 11) is 4.46. The van der Waals surface area contributed by atoms with Crippen LogP contribution in [0, 0.1) is 6.92 Å². The second kappa shape index (κ2) is 10.6. The van der Waals surface area contributed by atoms with Crippen LogP contribution in [-0.2, 0) is 0 Å². The molecule has 0 bridgehead atoms. The highest BCUT2D eigenvalue weighted by Gasteiger charge is 2.35. The topological polar surface area (TPSA) is 37.4 Å². The summed E-state index contributed by atoms with van der Waals surface area (Å²) in [6.07, 6.45) is 5.86. The number of alkyl halides is 1. The highest BCUT2D eigenvalue weighted by Crippen LogP contribution is 2.24. The molecule has 1 aliphatic rings. The number of aryl methyl sites for hydroxylation is 1. The average Bonchev–Trinajstić information content (AvgIpc) is 2.79. The molecule has 0 atom stereocenters. The largest absolute Gasteiger partial charge is 1.00 e. The lowest BCUT2D eigenvalue weighted by atomic mass is 10.1. The predicted molar refractivity (Wildman–Crippen MR) is 105 cm³/mol. The third-order valence-electron chi connectivity index (χ3n) is 4.92. The van der Waals surface area contributed by atoms with Crippen LogP contribution in [0.5, 0.6) is 0 Å². The Kier molecular flexibility index (Phi) is 9.48. The van der Waals surface area contributed by atoms with Crippen LogP contribution in [0.1, 0.15) is 58.4 Å². The number of benzene rings is 1. The van der Waals surface area contributed by atoms with E-state index in [0.717, 1.165) is 34.9 Å². The number of imide groups is 1. The maximum Gasteiger partial charge on any atom is 0.261 e. The Balaban J connectivity index is 0.00000338. The number of fused-ring (bicyclic) bond motifs is 1. The third-order valence-corrected chi connectivity index (χ3v) is 5.48. The first-order chi connectivity index (χ1) is 11.9. The fourth-order valence-electron chi connectivity index (χ4n) is 3.36. The van der Waals surface area contributed by atoms with E-state index < -0.39 is 0 Å². The Hall–Kier alpha value is -0.720. The summed E-state index contributed by atoms with van der Waals surface area (Å²) in [6, 6.07) is 5.49. The zero-order valence-corrected chi connectivity index (χ0v) is 19.2. The lowest BCUT2D eigenvalue weighted by Gasteiger charge is -2.30. The van der Waals surface area contributed by atoms with Gasteiger partial charge >= 0.3 is 0 Å². The number of carbonyl (C=O) groups excluding carboxylic acids is 2. The van der Waals surface area contributed by atoms with Crippen LogP contribution in [0.3, 0.4) is 0 Å². The molecule has 1 heterocycles. The average molecular weight is 490 g/mol. The van der Waals surface area contributed by atoms with Crippen molar-refractivity contribution in [3.63, 3.8) is 0 Å². The molecule has 26 heavy (non-hydrogen) atoms. The highest BCUT2D eigenvalue weighted by atomic mass is 79.9. The summed E-state index contributed by atoms with van der Waals surface area (Å²) in [5.74, 6) is -0.274. The van der Waals surface area contributed by atoms with Gasteiger partial charge in [0.2, 0.25) is 0 Å². The lowest BCUT2D eigenvalue weighted by Crippen LogP contribution is -3.00. The molecule has 0 unspecified atom stereocenters. The Morgan fingerprint density at radius 1 is 0.923 bits per heavy atom. The Morgan fingerprint density at radius 2 is 1.54 bits per heavy atom. The van der Waals surface area contributed by atoms with Crippen molar-refractivity contribution in [3.8, 4) is 0 Å². The van der Waals surface area contributed by atoms with Crippen LogP contribution in [0.2, 0.25) is 0 Å². The number of hydrogen-bond acceptors (Lipinski definition) is 2. The first-order valence-corrected chi connectivity index (χ1v) is 10.3. The van der Waals surface area contributed by atoms with Gasteiger partial charge in [-0.15, -0.1) is 0 Å². The molecule has 1 aromatic rings. The van der Waals surface area contributed by atoms with Crippen LogP contribution in [-0.4, -0.2) is 60.3 Å². The molecule has 0 N–H and O–H groups in total. The fraction of sp³-hybridized carbons (Fsp3) is 0.600. The van der Waals surface area contributed by atoms with Gasteiger partial charge in [-0.25, -0.2) is 0 Å². The molecule has 0 radical (unpaired) electrons. The zero-order chi connectivity index (χ0) is 18.4. The quantitative estimate of drug-likeness (QED) is 0.213. The molecule has 1 aliphatic heterocycles. The molecule has 0 fully saturated rings. The van der Waals surface area contributed by atoms with Crippen molar-refractivity contribution in [1.82, 2.24) is 4.90 Å². The van der Waals surface area contributed by atoms with Crippen molar-refractivity contribution < 1.29 is 31.1 Å². The number of carbonyl (C=O) groups is 2. The van der Waals surface area contributed by atoms with E-state index in [9.17, 15) is 9.59 Å². The van der Waals surface area contributed by atoms with Crippen LogP contribution >= 0.6 is 15.9 Å². The molecule has 2 amide bonds. The smallest absolute Gasteiger partial charge is 0.261 e. The number of hydrogen-bond donors (Lipinski definition) is 0. The first kappa shape index (κ1) is 23.3. The van der Waals surface area contributed by atoms with Gasteiger partial charge in [-0.05, 0) is 38.3 Å². The summed E-state index contributed by atoms with van der Waals surface area (Å²) in [4.78, 5) is 26.3. The van der Waals surface area contributed by atoms with Gasteiger partial charge in [0.05, 0.1) is 38.3 Å². The predicted octanol–water partition coefficient (Wildman–Crippen LogP) is 1.02. The fourth-order valence-corrected chi connectivity index (χ4v) is 3.76. The third kappa shape index (κ3) is 6.17. The van der Waals surface area contributed by atoms with Gasteiger partial charge in [-0.1, -0.05) is 34.0 Å². The zero-order valence-electron chi connectivity index (χ0n) is 16.1. The Bertz CT molecular complexity index is 632. The van der Waals surface area contributed by atoms with Gasteiger partial charge in [0.1, 0.15) is 0 Å². The van der Waals surface area contributed by atoms with Crippen molar-refractivity contribution >= 4 is 27.7 Å². The van der Waals surface area contributed by atoms with E-state index in [1.54, 1.807) is 6.07 Å². The molecule has 2 rings (SSSR count). The van der Waals surface area contributed by atoms with Crippen LogP contribution in [0.15, 0.2) is 18.2 Å². The Morgan fingerprint density at radius 3 is 2.23 bits per heavy atom. The van der Waals surface area contributed by atoms with Crippen molar-refractivity contribution in [2.75, 3.05) is 39.1 Å². The molecule has 0 saturated heterocycles. The second-order valence-electron chi connectivity index (χ2n) is 7.65. The minimum Gasteiger partial charge on any atom is -1.00 e. The summed E-state index contributed by atoms with van der Waals surface area (Å²) in [5.41, 5.74) is 2.13. The molecule has 6 heteroatoms. The van der Waals surface area contributed by atoms with Gasteiger partial charge in [0.15, 0.2) is 0 Å². The van der Waals surface area contributed by atoms with Crippen LogP contribution in [0.4, 0.5) is 0 Å². The van der Waals surface area contributed by atoms with E-state index in [2.05, 4.69) is 30.0 Å². The van der Waals surface area contributed by atoms with E-state index in [4.69, 9.17) is 0 Å². The van der Waals surface area contributed by atoms with Gasteiger partial charge in [-0.3, -0.25) is 14.5 Å². The molecular formula is C20H30Br2N2O2. The van der Waals surface area contributed by atoms with E-state index in [1.807, 2.05) is 19.1 Å². The maximum atomic E-state index is 12.5. The molecule has 0 aromatic heterocycles. The van der Waals surface area contributed by atoms with Crippen LogP contribution in [0.25, 0.3) is 0 Å². The van der Waals surface area contributed by atoms with Crippen molar-refractivity contribution in [2.24, 2.45) is 0 Å². The molecule has 0 aliphatic carbocycles. The molecular weight excluding hydrogens is 460 g/mol. The number of amides is 2. The number of quaternary nitrogens is 1. The monoisotopic (exact) mass is 488 g/mol. The van der Waals surface area contributed by atoms with Crippen molar-refractivity contribution in [1.29, 1.82) is 0 Å². The summed E-state index contributed by atoms with van der Waals surface area (Å²) >= 11 is 3.47. The minimum atomic E-state index is -0.139. The standard InChI is InChI=1S/C20H30BrN2O2.BrH/c1-16-9-10-17-18(15-16)20(25)22(19(17)24)12-8-14-23(2,3)13-7-5-4-6-11-21;/h9-10,15H,4-8,11-14H2,1-3H3;1H/q+1;/p-1. The number of halogens is 2. The molecule has 0 spiro atoms. The maximum absolute atomic E-state index is 12.5. The van der Waals surface area contributed by atoms with E-state index in [1.165, 1.54) is 30.6 Å². The van der Waals surface area contributed by atoms with Gasteiger partial charge in [0, 0.05) is 18.3 Å². The number of rotatable bonds is 10. The molecule has 1 aromatic carbocycles. The van der Waals surface area contributed by atoms with Gasteiger partial charge < -0.3 is 21.5 Å². The van der Waals surface area contributed by atoms with E-state index in [0.29, 0.717) is 17.7 Å². The molecule has 0 saturated carbocycles. The first-order valence-electron chi connectivity index (χ1n) is 9.20.